The number of carboxylic acids is 1. The summed E-state index contributed by atoms with van der Waals surface area (Å²) in [5.41, 5.74) is 1.98. The third-order valence-corrected chi connectivity index (χ3v) is 14.6. The standard InChI is InChI=1S/C39H54O5/c1-34(2)20-22-39(33(42)43)23-21-37(6)27(28(39)24-34)13-14-30-36(5)18-17-31(35(3,4)29(36)16-19-38(30,37)7)44-32(41)15-10-25-8-11-26(40)12-9-25/h8-13,15,28-31,40H,14,16-24H2,1-7H3,(H,42,43)/b15-10-/t28-,29-,30+,31-,36-,37+,38+,39-/m0/s1. The fourth-order valence-corrected chi connectivity index (χ4v) is 11.7. The molecule has 5 aliphatic rings. The minimum Gasteiger partial charge on any atom is -0.508 e. The summed E-state index contributed by atoms with van der Waals surface area (Å²) in [4.78, 5) is 25.9. The number of carbonyl (C=O) groups is 2. The molecule has 240 valence electrons. The molecule has 6 rings (SSSR count). The molecule has 1 aromatic rings. The highest BCUT2D eigenvalue weighted by molar-refractivity contribution is 5.87. The number of ether oxygens (including phenoxy) is 1. The average Bonchev–Trinajstić information content (AvgIpc) is 2.94. The predicted octanol–water partition coefficient (Wildman–Crippen LogP) is 9.20. The molecule has 4 fully saturated rings. The van der Waals surface area contributed by atoms with Crippen LogP contribution in [0.1, 0.15) is 118 Å². The molecule has 0 bridgehead atoms. The number of benzene rings is 1. The normalized spacial score (nSPS) is 42.2. The Labute approximate surface area is 264 Å². The van der Waals surface area contributed by atoms with Crippen LogP contribution >= 0.6 is 0 Å². The zero-order valence-corrected chi connectivity index (χ0v) is 28.0. The second kappa shape index (κ2) is 10.2. The molecule has 4 saturated carbocycles. The van der Waals surface area contributed by atoms with Crippen LogP contribution in [0.25, 0.3) is 6.08 Å². The molecule has 0 heterocycles. The molecule has 2 N–H and O–H groups in total. The van der Waals surface area contributed by atoms with Crippen molar-refractivity contribution in [2.45, 2.75) is 119 Å². The van der Waals surface area contributed by atoms with E-state index in [9.17, 15) is 19.8 Å². The van der Waals surface area contributed by atoms with E-state index in [4.69, 9.17) is 4.74 Å². The van der Waals surface area contributed by atoms with Crippen LogP contribution in [0.5, 0.6) is 5.75 Å². The lowest BCUT2D eigenvalue weighted by Gasteiger charge is -2.71. The van der Waals surface area contributed by atoms with Crippen molar-refractivity contribution in [3.8, 4) is 5.75 Å². The van der Waals surface area contributed by atoms with Gasteiger partial charge in [0.15, 0.2) is 0 Å². The summed E-state index contributed by atoms with van der Waals surface area (Å²) in [6.07, 6.45) is 15.3. The lowest BCUT2D eigenvalue weighted by molar-refractivity contribution is -0.212. The van der Waals surface area contributed by atoms with Gasteiger partial charge in [-0.05, 0) is 127 Å². The zero-order valence-electron chi connectivity index (χ0n) is 28.0. The molecule has 0 aliphatic heterocycles. The van der Waals surface area contributed by atoms with Gasteiger partial charge >= 0.3 is 11.9 Å². The third kappa shape index (κ3) is 4.53. The van der Waals surface area contributed by atoms with Gasteiger partial charge in [0.2, 0.25) is 0 Å². The van der Waals surface area contributed by atoms with Crippen LogP contribution in [-0.4, -0.2) is 28.3 Å². The van der Waals surface area contributed by atoms with E-state index in [1.165, 1.54) is 11.6 Å². The van der Waals surface area contributed by atoms with Gasteiger partial charge < -0.3 is 14.9 Å². The molecular formula is C39H54O5. The number of aromatic hydroxyl groups is 1. The highest BCUT2D eigenvalue weighted by atomic mass is 16.5. The van der Waals surface area contributed by atoms with Gasteiger partial charge in [-0.1, -0.05) is 72.2 Å². The summed E-state index contributed by atoms with van der Waals surface area (Å²) in [6, 6.07) is 6.79. The smallest absolute Gasteiger partial charge is 0.331 e. The summed E-state index contributed by atoms with van der Waals surface area (Å²) >= 11 is 0. The van der Waals surface area contributed by atoms with Crippen LogP contribution in [0, 0.1) is 50.2 Å². The zero-order chi connectivity index (χ0) is 31.9. The second-order valence-electron chi connectivity index (χ2n) is 17.4. The fraction of sp³-hybridized carbons (Fsp3) is 0.692. The number of phenols is 1. The largest absolute Gasteiger partial charge is 0.508 e. The van der Waals surface area contributed by atoms with E-state index in [2.05, 4.69) is 54.5 Å². The first-order valence-electron chi connectivity index (χ1n) is 17.1. The number of phenolic OH excluding ortho intramolecular Hbond substituents is 1. The first-order chi connectivity index (χ1) is 20.5. The van der Waals surface area contributed by atoms with Gasteiger partial charge in [-0.3, -0.25) is 4.79 Å². The van der Waals surface area contributed by atoms with Crippen LogP contribution in [0.3, 0.4) is 0 Å². The van der Waals surface area contributed by atoms with Gasteiger partial charge in [0.25, 0.3) is 0 Å². The van der Waals surface area contributed by atoms with Crippen LogP contribution in [0.4, 0.5) is 0 Å². The molecule has 0 amide bonds. The molecule has 44 heavy (non-hydrogen) atoms. The number of aliphatic carboxylic acids is 1. The Morgan fingerprint density at radius 3 is 2.23 bits per heavy atom. The Morgan fingerprint density at radius 2 is 1.55 bits per heavy atom. The summed E-state index contributed by atoms with van der Waals surface area (Å²) in [7, 11) is 0. The minimum absolute atomic E-state index is 0.00735. The maximum Gasteiger partial charge on any atom is 0.331 e. The van der Waals surface area contributed by atoms with Crippen LogP contribution in [-0.2, 0) is 14.3 Å². The van der Waals surface area contributed by atoms with E-state index in [0.29, 0.717) is 11.8 Å². The Hall–Kier alpha value is -2.56. The monoisotopic (exact) mass is 602 g/mol. The van der Waals surface area contributed by atoms with E-state index < -0.39 is 11.4 Å². The number of esters is 1. The number of hydrogen-bond donors (Lipinski definition) is 2. The summed E-state index contributed by atoms with van der Waals surface area (Å²) in [5, 5.41) is 20.2. The van der Waals surface area contributed by atoms with Gasteiger partial charge in [-0.25, -0.2) is 4.79 Å². The van der Waals surface area contributed by atoms with E-state index in [1.807, 2.05) is 0 Å². The minimum atomic E-state index is -0.605. The van der Waals surface area contributed by atoms with Gasteiger partial charge in [0.05, 0.1) is 5.41 Å². The van der Waals surface area contributed by atoms with Gasteiger partial charge in [0.1, 0.15) is 11.9 Å². The molecule has 1 aromatic carbocycles. The van der Waals surface area contributed by atoms with Gasteiger partial charge in [-0.2, -0.15) is 0 Å². The summed E-state index contributed by atoms with van der Waals surface area (Å²) in [6.45, 7) is 16.9. The molecule has 0 aromatic heterocycles. The maximum absolute atomic E-state index is 13.0. The molecule has 5 heteroatoms. The van der Waals surface area contributed by atoms with E-state index in [-0.39, 0.29) is 50.8 Å². The molecule has 0 saturated heterocycles. The fourth-order valence-electron chi connectivity index (χ4n) is 11.7. The Balaban J connectivity index is 1.26. The van der Waals surface area contributed by atoms with Crippen molar-refractivity contribution in [3.05, 3.63) is 47.6 Å². The highest BCUT2D eigenvalue weighted by Gasteiger charge is 2.69. The topological polar surface area (TPSA) is 83.8 Å². The highest BCUT2D eigenvalue weighted by Crippen LogP contribution is 2.75. The molecule has 5 nitrogen and oxygen atoms in total. The maximum atomic E-state index is 13.0. The Kier molecular flexibility index (Phi) is 7.30. The van der Waals surface area contributed by atoms with Crippen molar-refractivity contribution in [1.29, 1.82) is 0 Å². The molecule has 8 atom stereocenters. The van der Waals surface area contributed by atoms with Gasteiger partial charge in [-0.15, -0.1) is 0 Å². The predicted molar refractivity (Wildman–Crippen MR) is 174 cm³/mol. The number of fused-ring (bicyclic) bond motifs is 7. The number of carbonyl (C=O) groups excluding carboxylic acids is 1. The van der Waals surface area contributed by atoms with Crippen LogP contribution in [0.2, 0.25) is 0 Å². The number of allylic oxidation sites excluding steroid dienone is 2. The summed E-state index contributed by atoms with van der Waals surface area (Å²) in [5.74, 6) is 0.409. The third-order valence-electron chi connectivity index (χ3n) is 14.6. The Bertz CT molecular complexity index is 1390. The first kappa shape index (κ1) is 31.4. The lowest BCUT2D eigenvalue weighted by Crippen LogP contribution is -2.65. The molecular weight excluding hydrogens is 548 g/mol. The molecule has 5 aliphatic carbocycles. The van der Waals surface area contributed by atoms with Crippen LogP contribution in [0.15, 0.2) is 42.0 Å². The van der Waals surface area contributed by atoms with Crippen molar-refractivity contribution in [1.82, 2.24) is 0 Å². The average molecular weight is 603 g/mol. The number of hydrogen-bond acceptors (Lipinski definition) is 4. The second-order valence-corrected chi connectivity index (χ2v) is 17.4. The molecule has 0 unspecified atom stereocenters. The van der Waals surface area contributed by atoms with Crippen molar-refractivity contribution in [2.24, 2.45) is 50.2 Å². The van der Waals surface area contributed by atoms with E-state index in [1.54, 1.807) is 30.3 Å². The SMILES string of the molecule is CC1(C)CC[C@]2(C(=O)O)CC[C@]3(C)C(=CC[C@@H]4[C@@]5(C)CC[C@H](OC(=O)/C=C\c6ccc(O)cc6)C(C)(C)[C@@H]5CC[C@]43C)[C@@H]2C1. The van der Waals surface area contributed by atoms with Crippen molar-refractivity contribution in [3.63, 3.8) is 0 Å². The van der Waals surface area contributed by atoms with E-state index in [0.717, 1.165) is 69.8 Å². The lowest BCUT2D eigenvalue weighted by atomic mass is 9.33. The molecule has 0 spiro atoms. The number of rotatable bonds is 4. The van der Waals surface area contributed by atoms with E-state index >= 15 is 0 Å². The van der Waals surface area contributed by atoms with Crippen molar-refractivity contribution >= 4 is 18.0 Å². The molecule has 0 radical (unpaired) electrons. The van der Waals surface area contributed by atoms with Crippen molar-refractivity contribution < 1.29 is 24.5 Å². The number of carboxylic acid groups (broad SMARTS) is 1. The van der Waals surface area contributed by atoms with Crippen molar-refractivity contribution in [2.75, 3.05) is 0 Å². The Morgan fingerprint density at radius 1 is 0.864 bits per heavy atom. The first-order valence-corrected chi connectivity index (χ1v) is 17.1. The van der Waals surface area contributed by atoms with Gasteiger partial charge in [0, 0.05) is 11.5 Å². The summed E-state index contributed by atoms with van der Waals surface area (Å²) < 4.78 is 6.18. The van der Waals surface area contributed by atoms with Crippen LogP contribution < -0.4 is 0 Å². The quantitative estimate of drug-likeness (QED) is 0.204.